The van der Waals surface area contributed by atoms with Gasteiger partial charge in [-0.25, -0.2) is 4.79 Å². The van der Waals surface area contributed by atoms with Gasteiger partial charge in [-0.15, -0.1) is 0 Å². The van der Waals surface area contributed by atoms with Crippen molar-refractivity contribution < 1.29 is 23.8 Å². The van der Waals surface area contributed by atoms with Gasteiger partial charge < -0.3 is 14.2 Å². The zero-order valence-electron chi connectivity index (χ0n) is 16.3. The summed E-state index contributed by atoms with van der Waals surface area (Å²) in [5.74, 6) is 0.603. The van der Waals surface area contributed by atoms with Gasteiger partial charge in [-0.3, -0.25) is 4.79 Å². The SMILES string of the molecule is CCCCOc1cc(C=O)c(OC(C)C)c(C)c1C(=O)Oc1ccccc1. The van der Waals surface area contributed by atoms with Crippen LogP contribution in [0, 0.1) is 6.92 Å². The number of carbonyl (C=O) groups excluding carboxylic acids is 2. The van der Waals surface area contributed by atoms with Crippen molar-refractivity contribution in [2.45, 2.75) is 46.6 Å². The van der Waals surface area contributed by atoms with E-state index in [0.717, 1.165) is 12.8 Å². The number of rotatable bonds is 9. The molecular formula is C22H26O5. The Bertz CT molecular complexity index is 781. The molecule has 144 valence electrons. The number of hydrogen-bond donors (Lipinski definition) is 0. The molecule has 0 spiro atoms. The summed E-state index contributed by atoms with van der Waals surface area (Å²) in [5.41, 5.74) is 1.15. The summed E-state index contributed by atoms with van der Waals surface area (Å²) in [6, 6.07) is 10.4. The lowest BCUT2D eigenvalue weighted by Gasteiger charge is -2.20. The van der Waals surface area contributed by atoms with Gasteiger partial charge in [-0.1, -0.05) is 31.5 Å². The number of carbonyl (C=O) groups is 2. The summed E-state index contributed by atoms with van der Waals surface area (Å²) < 4.78 is 17.1. The van der Waals surface area contributed by atoms with Gasteiger partial charge in [0.25, 0.3) is 0 Å². The van der Waals surface area contributed by atoms with Gasteiger partial charge in [0, 0.05) is 5.56 Å². The molecule has 0 aliphatic carbocycles. The molecular weight excluding hydrogens is 344 g/mol. The van der Waals surface area contributed by atoms with E-state index >= 15 is 0 Å². The molecule has 0 unspecified atom stereocenters. The lowest BCUT2D eigenvalue weighted by molar-refractivity contribution is 0.0727. The largest absolute Gasteiger partial charge is 0.493 e. The smallest absolute Gasteiger partial charge is 0.347 e. The molecule has 0 saturated heterocycles. The van der Waals surface area contributed by atoms with Crippen LogP contribution in [0.25, 0.3) is 0 Å². The van der Waals surface area contributed by atoms with Crippen LogP contribution < -0.4 is 14.2 Å². The van der Waals surface area contributed by atoms with E-state index < -0.39 is 5.97 Å². The zero-order valence-corrected chi connectivity index (χ0v) is 16.3. The summed E-state index contributed by atoms with van der Waals surface area (Å²) in [5, 5.41) is 0. The maximum absolute atomic E-state index is 12.9. The Hall–Kier alpha value is -2.82. The predicted molar refractivity (Wildman–Crippen MR) is 104 cm³/mol. The van der Waals surface area contributed by atoms with E-state index in [-0.39, 0.29) is 11.7 Å². The van der Waals surface area contributed by atoms with E-state index in [1.807, 2.05) is 19.9 Å². The Morgan fingerprint density at radius 2 is 1.89 bits per heavy atom. The Labute approximate surface area is 160 Å². The molecule has 0 heterocycles. The van der Waals surface area contributed by atoms with E-state index in [4.69, 9.17) is 14.2 Å². The molecule has 0 fully saturated rings. The fourth-order valence-corrected chi connectivity index (χ4v) is 2.61. The molecule has 0 saturated carbocycles. The first kappa shape index (κ1) is 20.5. The van der Waals surface area contributed by atoms with Crippen LogP contribution in [0.3, 0.4) is 0 Å². The molecule has 2 aromatic rings. The summed E-state index contributed by atoms with van der Waals surface area (Å²) >= 11 is 0. The number of ether oxygens (including phenoxy) is 3. The highest BCUT2D eigenvalue weighted by Crippen LogP contribution is 2.35. The fraction of sp³-hybridized carbons (Fsp3) is 0.364. The third-order valence-corrected chi connectivity index (χ3v) is 3.90. The van der Waals surface area contributed by atoms with Gasteiger partial charge in [0.15, 0.2) is 6.29 Å². The minimum Gasteiger partial charge on any atom is -0.493 e. The monoisotopic (exact) mass is 370 g/mol. The molecule has 0 amide bonds. The first-order valence-electron chi connectivity index (χ1n) is 9.17. The van der Waals surface area contributed by atoms with Gasteiger partial charge in [0.05, 0.1) is 18.3 Å². The van der Waals surface area contributed by atoms with Gasteiger partial charge in [0.2, 0.25) is 0 Å². The lowest BCUT2D eigenvalue weighted by atomic mass is 10.0. The molecule has 0 bridgehead atoms. The predicted octanol–water partition coefficient (Wildman–Crippen LogP) is 4.99. The van der Waals surface area contributed by atoms with Crippen molar-refractivity contribution >= 4 is 12.3 Å². The second-order valence-corrected chi connectivity index (χ2v) is 6.48. The first-order valence-corrected chi connectivity index (χ1v) is 9.17. The van der Waals surface area contributed by atoms with Crippen LogP contribution in [-0.4, -0.2) is 25.0 Å². The van der Waals surface area contributed by atoms with Crippen molar-refractivity contribution in [3.8, 4) is 17.2 Å². The normalized spacial score (nSPS) is 10.6. The average molecular weight is 370 g/mol. The number of aldehydes is 1. The molecule has 0 aliphatic heterocycles. The van der Waals surface area contributed by atoms with Crippen molar-refractivity contribution in [2.75, 3.05) is 6.61 Å². The van der Waals surface area contributed by atoms with Crippen molar-refractivity contribution in [1.29, 1.82) is 0 Å². The molecule has 27 heavy (non-hydrogen) atoms. The minimum absolute atomic E-state index is 0.146. The van der Waals surface area contributed by atoms with Gasteiger partial charge in [0.1, 0.15) is 22.8 Å². The summed E-state index contributed by atoms with van der Waals surface area (Å²) in [4.78, 5) is 24.4. The molecule has 5 heteroatoms. The Kier molecular flexibility index (Phi) is 7.41. The van der Waals surface area contributed by atoms with Crippen LogP contribution in [0.15, 0.2) is 36.4 Å². The second-order valence-electron chi connectivity index (χ2n) is 6.48. The van der Waals surface area contributed by atoms with Crippen LogP contribution in [0.2, 0.25) is 0 Å². The van der Waals surface area contributed by atoms with E-state index in [9.17, 15) is 9.59 Å². The van der Waals surface area contributed by atoms with Crippen molar-refractivity contribution in [3.63, 3.8) is 0 Å². The summed E-state index contributed by atoms with van der Waals surface area (Å²) in [6.07, 6.45) is 2.36. The minimum atomic E-state index is -0.545. The van der Waals surface area contributed by atoms with E-state index in [1.54, 1.807) is 37.3 Å². The topological polar surface area (TPSA) is 61.8 Å². The van der Waals surface area contributed by atoms with E-state index in [1.165, 1.54) is 0 Å². The maximum atomic E-state index is 12.9. The van der Waals surface area contributed by atoms with Crippen molar-refractivity contribution in [1.82, 2.24) is 0 Å². The van der Waals surface area contributed by atoms with E-state index in [0.29, 0.717) is 41.3 Å². The molecule has 0 atom stereocenters. The van der Waals surface area contributed by atoms with Crippen LogP contribution in [0.5, 0.6) is 17.2 Å². The average Bonchev–Trinajstić information content (AvgIpc) is 2.64. The highest BCUT2D eigenvalue weighted by molar-refractivity contribution is 5.98. The fourth-order valence-electron chi connectivity index (χ4n) is 2.61. The Morgan fingerprint density at radius 1 is 1.19 bits per heavy atom. The van der Waals surface area contributed by atoms with Crippen LogP contribution in [0.1, 0.15) is 59.9 Å². The van der Waals surface area contributed by atoms with E-state index in [2.05, 4.69) is 6.92 Å². The number of unbranched alkanes of at least 4 members (excludes halogenated alkanes) is 1. The van der Waals surface area contributed by atoms with Crippen LogP contribution >= 0.6 is 0 Å². The van der Waals surface area contributed by atoms with Gasteiger partial charge in [-0.2, -0.15) is 0 Å². The molecule has 5 nitrogen and oxygen atoms in total. The van der Waals surface area contributed by atoms with Crippen LogP contribution in [-0.2, 0) is 0 Å². The summed E-state index contributed by atoms with van der Waals surface area (Å²) in [6.45, 7) is 7.96. The van der Waals surface area contributed by atoms with Gasteiger partial charge >= 0.3 is 5.97 Å². The molecule has 2 rings (SSSR count). The third kappa shape index (κ3) is 5.33. The number of para-hydroxylation sites is 1. The number of benzene rings is 2. The molecule has 0 radical (unpaired) electrons. The summed E-state index contributed by atoms with van der Waals surface area (Å²) in [7, 11) is 0. The standard InChI is InChI=1S/C22H26O5/c1-5-6-12-25-19-13-17(14-23)21(26-15(2)3)16(4)20(19)22(24)27-18-10-8-7-9-11-18/h7-11,13-15H,5-6,12H2,1-4H3. The Balaban J connectivity index is 2.48. The Morgan fingerprint density at radius 3 is 2.48 bits per heavy atom. The first-order chi connectivity index (χ1) is 13.0. The van der Waals surface area contributed by atoms with Crippen LogP contribution in [0.4, 0.5) is 0 Å². The van der Waals surface area contributed by atoms with Crippen molar-refractivity contribution in [2.24, 2.45) is 0 Å². The molecule has 0 aromatic heterocycles. The number of esters is 1. The maximum Gasteiger partial charge on any atom is 0.347 e. The number of hydrogen-bond acceptors (Lipinski definition) is 5. The quantitative estimate of drug-likeness (QED) is 0.269. The highest BCUT2D eigenvalue weighted by Gasteiger charge is 2.24. The lowest BCUT2D eigenvalue weighted by Crippen LogP contribution is -2.16. The molecule has 0 aliphatic rings. The van der Waals surface area contributed by atoms with Gasteiger partial charge in [-0.05, 0) is 45.4 Å². The molecule has 0 N–H and O–H groups in total. The second kappa shape index (κ2) is 9.76. The van der Waals surface area contributed by atoms with Crippen molar-refractivity contribution in [3.05, 3.63) is 53.1 Å². The molecule has 2 aromatic carbocycles. The highest BCUT2D eigenvalue weighted by atomic mass is 16.5. The third-order valence-electron chi connectivity index (χ3n) is 3.90. The zero-order chi connectivity index (χ0) is 19.8.